The van der Waals surface area contributed by atoms with Gasteiger partial charge in [0.2, 0.25) is 15.9 Å². The molecule has 0 unspecified atom stereocenters. The van der Waals surface area contributed by atoms with Crippen LogP contribution in [0.4, 0.5) is 10.1 Å². The molecule has 0 saturated carbocycles. The van der Waals surface area contributed by atoms with Gasteiger partial charge in [0.1, 0.15) is 5.82 Å². The van der Waals surface area contributed by atoms with Gasteiger partial charge in [0, 0.05) is 20.0 Å². The molecule has 0 spiro atoms. The first-order valence-electron chi connectivity index (χ1n) is 8.91. The van der Waals surface area contributed by atoms with Gasteiger partial charge >= 0.3 is 0 Å². The van der Waals surface area contributed by atoms with Crippen LogP contribution in [0.3, 0.4) is 0 Å². The van der Waals surface area contributed by atoms with Crippen LogP contribution in [0.15, 0.2) is 54.6 Å². The fourth-order valence-corrected chi connectivity index (χ4v) is 3.69. The number of hydrogen-bond donors (Lipinski definition) is 1. The van der Waals surface area contributed by atoms with Gasteiger partial charge in [0.15, 0.2) is 0 Å². The SMILES string of the molecule is CN(c1ccccc1)S(=O)(=O)CCNC(=O)CCCCc1ccc(F)cc1. The number of aryl methyl sites for hydroxylation is 1. The highest BCUT2D eigenvalue weighted by Crippen LogP contribution is 2.15. The lowest BCUT2D eigenvalue weighted by Crippen LogP contribution is -2.35. The maximum Gasteiger partial charge on any atom is 0.236 e. The average molecular weight is 392 g/mol. The van der Waals surface area contributed by atoms with Crippen molar-refractivity contribution in [3.8, 4) is 0 Å². The Hall–Kier alpha value is -2.41. The van der Waals surface area contributed by atoms with Gasteiger partial charge < -0.3 is 5.32 Å². The van der Waals surface area contributed by atoms with Gasteiger partial charge in [0.05, 0.1) is 11.4 Å². The lowest BCUT2D eigenvalue weighted by Gasteiger charge is -2.19. The summed E-state index contributed by atoms with van der Waals surface area (Å²) in [5.41, 5.74) is 1.62. The van der Waals surface area contributed by atoms with E-state index in [1.807, 2.05) is 6.07 Å². The monoisotopic (exact) mass is 392 g/mol. The summed E-state index contributed by atoms with van der Waals surface area (Å²) in [5.74, 6) is -0.572. The number of amides is 1. The van der Waals surface area contributed by atoms with Crippen molar-refractivity contribution >= 4 is 21.6 Å². The van der Waals surface area contributed by atoms with Crippen molar-refractivity contribution in [1.82, 2.24) is 5.32 Å². The van der Waals surface area contributed by atoms with Crippen molar-refractivity contribution in [2.45, 2.75) is 25.7 Å². The maximum absolute atomic E-state index is 12.8. The summed E-state index contributed by atoms with van der Waals surface area (Å²) in [6.07, 6.45) is 2.63. The maximum atomic E-state index is 12.8. The van der Waals surface area contributed by atoms with Crippen molar-refractivity contribution in [2.75, 3.05) is 23.7 Å². The third-order valence-electron chi connectivity index (χ3n) is 4.25. The molecule has 5 nitrogen and oxygen atoms in total. The molecule has 1 N–H and O–H groups in total. The molecule has 0 aliphatic rings. The van der Waals surface area contributed by atoms with Gasteiger partial charge in [-0.1, -0.05) is 30.3 Å². The van der Waals surface area contributed by atoms with Gasteiger partial charge in [-0.25, -0.2) is 12.8 Å². The predicted molar refractivity (Wildman–Crippen MR) is 106 cm³/mol. The lowest BCUT2D eigenvalue weighted by atomic mass is 10.1. The van der Waals surface area contributed by atoms with Crippen LogP contribution in [0, 0.1) is 5.82 Å². The molecule has 2 aromatic rings. The fourth-order valence-electron chi connectivity index (χ4n) is 2.61. The van der Waals surface area contributed by atoms with Gasteiger partial charge in [0.25, 0.3) is 0 Å². The topological polar surface area (TPSA) is 66.5 Å². The molecule has 0 aliphatic heterocycles. The Kier molecular flexibility index (Phi) is 7.79. The molecule has 0 heterocycles. The number of carbonyl (C=O) groups is 1. The van der Waals surface area contributed by atoms with Crippen LogP contribution in [0.25, 0.3) is 0 Å². The number of unbranched alkanes of at least 4 members (excludes halogenated alkanes) is 1. The summed E-state index contributed by atoms with van der Waals surface area (Å²) in [4.78, 5) is 11.9. The van der Waals surface area contributed by atoms with Crippen LogP contribution in [0.5, 0.6) is 0 Å². The van der Waals surface area contributed by atoms with E-state index >= 15 is 0 Å². The molecule has 27 heavy (non-hydrogen) atoms. The first kappa shape index (κ1) is 20.9. The first-order valence-corrected chi connectivity index (χ1v) is 10.5. The van der Waals surface area contributed by atoms with Crippen LogP contribution in [0.2, 0.25) is 0 Å². The molecule has 1 amide bonds. The largest absolute Gasteiger partial charge is 0.355 e. The summed E-state index contributed by atoms with van der Waals surface area (Å²) < 4.78 is 38.7. The Balaban J connectivity index is 1.65. The molecule has 0 saturated heterocycles. The van der Waals surface area contributed by atoms with Crippen molar-refractivity contribution in [3.05, 3.63) is 66.0 Å². The second kappa shape index (κ2) is 10.1. The van der Waals surface area contributed by atoms with E-state index in [4.69, 9.17) is 0 Å². The second-order valence-corrected chi connectivity index (χ2v) is 8.42. The standard InChI is InChI=1S/C20H25FN2O3S/c1-23(19-8-3-2-4-9-19)27(25,26)16-15-22-20(24)10-6-5-7-17-11-13-18(21)14-12-17/h2-4,8-9,11-14H,5-7,10,15-16H2,1H3,(H,22,24). The molecular weight excluding hydrogens is 367 g/mol. The van der Waals surface area contributed by atoms with E-state index in [0.717, 1.165) is 18.4 Å². The number of sulfonamides is 1. The normalized spacial score (nSPS) is 11.2. The minimum absolute atomic E-state index is 0.0797. The van der Waals surface area contributed by atoms with Crippen LogP contribution in [0.1, 0.15) is 24.8 Å². The molecule has 0 bridgehead atoms. The van der Waals surface area contributed by atoms with Gasteiger partial charge in [-0.2, -0.15) is 0 Å². The Morgan fingerprint density at radius 3 is 2.37 bits per heavy atom. The van der Waals surface area contributed by atoms with E-state index in [1.165, 1.54) is 23.5 Å². The van der Waals surface area contributed by atoms with Crippen LogP contribution in [-0.2, 0) is 21.2 Å². The molecule has 2 aromatic carbocycles. The number of nitrogens with zero attached hydrogens (tertiary/aromatic N) is 1. The zero-order chi connectivity index (χ0) is 19.7. The summed E-state index contributed by atoms with van der Waals surface area (Å²) in [7, 11) is -1.98. The molecule has 7 heteroatoms. The highest BCUT2D eigenvalue weighted by atomic mass is 32.2. The minimum atomic E-state index is -3.49. The summed E-state index contributed by atoms with van der Waals surface area (Å²) >= 11 is 0. The Morgan fingerprint density at radius 2 is 1.70 bits per heavy atom. The number of anilines is 1. The van der Waals surface area contributed by atoms with Crippen LogP contribution in [-0.4, -0.2) is 33.7 Å². The number of carbonyl (C=O) groups excluding carboxylic acids is 1. The molecule has 0 atom stereocenters. The second-order valence-electron chi connectivity index (χ2n) is 6.30. The van der Waals surface area contributed by atoms with E-state index < -0.39 is 10.0 Å². The Labute approximate surface area is 160 Å². The number of benzene rings is 2. The highest BCUT2D eigenvalue weighted by Gasteiger charge is 2.18. The highest BCUT2D eigenvalue weighted by molar-refractivity contribution is 7.92. The van der Waals surface area contributed by atoms with Gasteiger partial charge in [-0.15, -0.1) is 0 Å². The number of rotatable bonds is 10. The van der Waals surface area contributed by atoms with Crippen molar-refractivity contribution in [2.24, 2.45) is 0 Å². The zero-order valence-electron chi connectivity index (χ0n) is 15.4. The molecule has 0 radical (unpaired) electrons. The van der Waals surface area contributed by atoms with Crippen LogP contribution >= 0.6 is 0 Å². The summed E-state index contributed by atoms with van der Waals surface area (Å²) in [5, 5.41) is 2.66. The molecule has 0 aliphatic carbocycles. The Bertz CT molecular complexity index is 824. The zero-order valence-corrected chi connectivity index (χ0v) is 16.2. The lowest BCUT2D eigenvalue weighted by molar-refractivity contribution is -0.121. The molecule has 2 rings (SSSR count). The van der Waals surface area contributed by atoms with Crippen LogP contribution < -0.4 is 9.62 Å². The third kappa shape index (κ3) is 7.02. The van der Waals surface area contributed by atoms with E-state index in [2.05, 4.69) is 5.32 Å². The quantitative estimate of drug-likeness (QED) is 0.632. The van der Waals surface area contributed by atoms with Crippen molar-refractivity contribution < 1.29 is 17.6 Å². The number of halogens is 1. The van der Waals surface area contributed by atoms with E-state index in [9.17, 15) is 17.6 Å². The minimum Gasteiger partial charge on any atom is -0.355 e. The average Bonchev–Trinajstić information content (AvgIpc) is 2.66. The molecule has 0 aromatic heterocycles. The molecule has 0 fully saturated rings. The first-order chi connectivity index (χ1) is 12.9. The predicted octanol–water partition coefficient (Wildman–Crippen LogP) is 3.12. The smallest absolute Gasteiger partial charge is 0.236 e. The van der Waals surface area contributed by atoms with E-state index in [-0.39, 0.29) is 24.0 Å². The van der Waals surface area contributed by atoms with Gasteiger partial charge in [-0.05, 0) is 49.1 Å². The summed E-state index contributed by atoms with van der Waals surface area (Å²) in [6, 6.07) is 15.1. The van der Waals surface area contributed by atoms with Crippen molar-refractivity contribution in [1.29, 1.82) is 0 Å². The fraction of sp³-hybridized carbons (Fsp3) is 0.350. The molecular formula is C20H25FN2O3S. The third-order valence-corrected chi connectivity index (χ3v) is 6.02. The molecule has 146 valence electrons. The van der Waals surface area contributed by atoms with E-state index in [1.54, 1.807) is 36.4 Å². The van der Waals surface area contributed by atoms with E-state index in [0.29, 0.717) is 18.5 Å². The number of para-hydroxylation sites is 1. The Morgan fingerprint density at radius 1 is 1.04 bits per heavy atom. The number of hydrogen-bond acceptors (Lipinski definition) is 3. The number of nitrogens with one attached hydrogen (secondary N) is 1. The van der Waals surface area contributed by atoms with Gasteiger partial charge in [-0.3, -0.25) is 9.10 Å². The van der Waals surface area contributed by atoms with Crippen molar-refractivity contribution in [3.63, 3.8) is 0 Å². The summed E-state index contributed by atoms with van der Waals surface area (Å²) in [6.45, 7) is 0.0797.